The molecule has 1 N–H and O–H groups in total. The molecule has 1 aliphatic carbocycles. The number of aromatic nitrogens is 1. The molecule has 2 saturated heterocycles. The molecule has 2 fully saturated rings. The number of fused-ring (bicyclic) bond motifs is 5. The first kappa shape index (κ1) is 21.4. The second kappa shape index (κ2) is 8.55. The van der Waals surface area contributed by atoms with Crippen LogP contribution in [0, 0.1) is 0 Å². The molecule has 0 spiro atoms. The smallest absolute Gasteiger partial charge is 0.410 e. The summed E-state index contributed by atoms with van der Waals surface area (Å²) in [5.74, 6) is 0.0588. The maximum absolute atomic E-state index is 13.4. The molecule has 2 aromatic carbocycles. The molecule has 3 heterocycles. The van der Waals surface area contributed by atoms with Gasteiger partial charge in [-0.25, -0.2) is 4.79 Å². The average molecular weight is 455 g/mol. The van der Waals surface area contributed by atoms with Crippen molar-refractivity contribution < 1.29 is 14.6 Å². The molecular weight excluding hydrogens is 424 g/mol. The maximum atomic E-state index is 13.4. The van der Waals surface area contributed by atoms with Gasteiger partial charge in [-0.3, -0.25) is 4.98 Å². The van der Waals surface area contributed by atoms with Crippen molar-refractivity contribution in [3.63, 3.8) is 0 Å². The lowest BCUT2D eigenvalue weighted by Gasteiger charge is -2.51. The van der Waals surface area contributed by atoms with E-state index in [2.05, 4.69) is 53.5 Å². The fourth-order valence-corrected chi connectivity index (χ4v) is 6.52. The summed E-state index contributed by atoms with van der Waals surface area (Å²) >= 11 is 0. The van der Waals surface area contributed by atoms with Gasteiger partial charge in [0.25, 0.3) is 0 Å². The van der Waals surface area contributed by atoms with Crippen molar-refractivity contribution >= 4 is 6.09 Å². The topological polar surface area (TPSA) is 62.7 Å². The van der Waals surface area contributed by atoms with Gasteiger partial charge in [-0.1, -0.05) is 54.6 Å². The minimum atomic E-state index is -0.807. The van der Waals surface area contributed by atoms with E-state index in [4.69, 9.17) is 4.74 Å². The zero-order chi connectivity index (χ0) is 23.1. The summed E-state index contributed by atoms with van der Waals surface area (Å²) in [6.07, 6.45) is 8.00. The van der Waals surface area contributed by atoms with Crippen LogP contribution < -0.4 is 0 Å². The third-order valence-electron chi connectivity index (χ3n) is 7.90. The Balaban J connectivity index is 1.17. The number of pyridine rings is 1. The minimum Gasteiger partial charge on any atom is -0.448 e. The number of nitrogens with zero attached hydrogens (tertiary/aromatic N) is 2. The summed E-state index contributed by atoms with van der Waals surface area (Å²) in [5, 5.41) is 11.4. The molecule has 174 valence electrons. The van der Waals surface area contributed by atoms with Crippen LogP contribution in [0.25, 0.3) is 11.1 Å². The average Bonchev–Trinajstić information content (AvgIpc) is 3.16. The highest BCUT2D eigenvalue weighted by molar-refractivity contribution is 5.79. The van der Waals surface area contributed by atoms with Gasteiger partial charge in [0.1, 0.15) is 6.61 Å². The summed E-state index contributed by atoms with van der Waals surface area (Å²) < 4.78 is 6.00. The van der Waals surface area contributed by atoms with Crippen LogP contribution in [0.4, 0.5) is 4.79 Å². The third kappa shape index (κ3) is 3.78. The fraction of sp³-hybridized carbons (Fsp3) is 0.379. The van der Waals surface area contributed by atoms with Crippen molar-refractivity contribution in [1.82, 2.24) is 9.88 Å². The molecule has 5 heteroatoms. The van der Waals surface area contributed by atoms with Crippen molar-refractivity contribution in [2.45, 2.75) is 62.1 Å². The summed E-state index contributed by atoms with van der Waals surface area (Å²) in [6.45, 7) is 0.336. The summed E-state index contributed by atoms with van der Waals surface area (Å²) in [7, 11) is 0. The zero-order valence-corrected chi connectivity index (χ0v) is 19.3. The number of hydrogen-bond donors (Lipinski definition) is 1. The van der Waals surface area contributed by atoms with E-state index in [0.717, 1.165) is 24.8 Å². The number of amides is 1. The molecule has 1 aromatic heterocycles. The van der Waals surface area contributed by atoms with E-state index in [1.165, 1.54) is 22.3 Å². The lowest BCUT2D eigenvalue weighted by molar-refractivity contribution is -0.0840. The van der Waals surface area contributed by atoms with Gasteiger partial charge in [-0.05, 0) is 66.0 Å². The molecule has 34 heavy (non-hydrogen) atoms. The van der Waals surface area contributed by atoms with Gasteiger partial charge >= 0.3 is 6.09 Å². The maximum Gasteiger partial charge on any atom is 0.410 e. The van der Waals surface area contributed by atoms with Gasteiger partial charge in [-0.15, -0.1) is 0 Å². The highest BCUT2D eigenvalue weighted by Gasteiger charge is 2.48. The standard InChI is InChI=1S/C29H30N2O3/c32-28(34-19-27-25-12-3-1-10-23(25)24-11-2-4-13-26(24)27)31-21-8-5-9-22(31)17-29(33,16-21)15-20-7-6-14-30-18-20/h1-4,6-7,10-14,18,21-22,27,33H,5,8-9,15-17,19H2. The van der Waals surface area contributed by atoms with E-state index >= 15 is 0 Å². The first-order valence-electron chi connectivity index (χ1n) is 12.4. The summed E-state index contributed by atoms with van der Waals surface area (Å²) in [4.78, 5) is 19.5. The van der Waals surface area contributed by atoms with E-state index in [1.54, 1.807) is 6.20 Å². The van der Waals surface area contributed by atoms with E-state index in [1.807, 2.05) is 23.2 Å². The van der Waals surface area contributed by atoms with E-state index in [9.17, 15) is 9.90 Å². The van der Waals surface area contributed by atoms with Crippen LogP contribution in [0.3, 0.4) is 0 Å². The monoisotopic (exact) mass is 454 g/mol. The second-order valence-corrected chi connectivity index (χ2v) is 10.1. The van der Waals surface area contributed by atoms with E-state index in [0.29, 0.717) is 25.9 Å². The Morgan fingerprint density at radius 1 is 0.971 bits per heavy atom. The fourth-order valence-electron chi connectivity index (χ4n) is 6.52. The number of ether oxygens (including phenoxy) is 1. The highest BCUT2D eigenvalue weighted by Crippen LogP contribution is 2.45. The number of aliphatic hydroxyl groups is 1. The predicted octanol–water partition coefficient (Wildman–Crippen LogP) is 5.32. The number of carbonyl (C=O) groups is 1. The lowest BCUT2D eigenvalue weighted by Crippen LogP contribution is -2.60. The number of rotatable bonds is 4. The van der Waals surface area contributed by atoms with Gasteiger partial charge in [0.15, 0.2) is 0 Å². The Morgan fingerprint density at radius 2 is 1.62 bits per heavy atom. The molecule has 6 rings (SSSR count). The summed E-state index contributed by atoms with van der Waals surface area (Å²) in [5.41, 5.74) is 5.14. The molecule has 2 atom stereocenters. The quantitative estimate of drug-likeness (QED) is 0.579. The first-order chi connectivity index (χ1) is 16.6. The number of hydrogen-bond acceptors (Lipinski definition) is 4. The molecule has 3 aromatic rings. The largest absolute Gasteiger partial charge is 0.448 e. The Kier molecular flexibility index (Phi) is 5.37. The molecule has 2 unspecified atom stereocenters. The molecule has 0 saturated carbocycles. The molecule has 3 aliphatic rings. The van der Waals surface area contributed by atoms with Crippen molar-refractivity contribution in [2.24, 2.45) is 0 Å². The van der Waals surface area contributed by atoms with E-state index < -0.39 is 5.60 Å². The van der Waals surface area contributed by atoms with Crippen molar-refractivity contribution in [3.8, 4) is 11.1 Å². The second-order valence-electron chi connectivity index (χ2n) is 10.1. The Labute approximate surface area is 200 Å². The Morgan fingerprint density at radius 3 is 2.24 bits per heavy atom. The normalized spacial score (nSPS) is 25.5. The lowest BCUT2D eigenvalue weighted by atomic mass is 9.73. The zero-order valence-electron chi connectivity index (χ0n) is 19.3. The molecular formula is C29H30N2O3. The van der Waals surface area contributed by atoms with Crippen molar-refractivity contribution in [2.75, 3.05) is 6.61 Å². The summed E-state index contributed by atoms with van der Waals surface area (Å²) in [6, 6.07) is 20.8. The van der Waals surface area contributed by atoms with Crippen LogP contribution in [-0.4, -0.2) is 45.4 Å². The van der Waals surface area contributed by atoms with Gasteiger partial charge in [0.2, 0.25) is 0 Å². The van der Waals surface area contributed by atoms with Crippen LogP contribution in [-0.2, 0) is 11.2 Å². The van der Waals surface area contributed by atoms with Gasteiger partial charge in [0.05, 0.1) is 5.60 Å². The van der Waals surface area contributed by atoms with E-state index in [-0.39, 0.29) is 24.1 Å². The van der Waals surface area contributed by atoms with Crippen LogP contribution in [0.1, 0.15) is 54.7 Å². The van der Waals surface area contributed by atoms with Crippen molar-refractivity contribution in [3.05, 3.63) is 89.7 Å². The molecule has 2 aliphatic heterocycles. The van der Waals surface area contributed by atoms with Gasteiger partial charge in [0, 0.05) is 36.8 Å². The molecule has 0 radical (unpaired) electrons. The Bertz CT molecular complexity index is 1140. The predicted molar refractivity (Wildman–Crippen MR) is 130 cm³/mol. The molecule has 2 bridgehead atoms. The third-order valence-corrected chi connectivity index (χ3v) is 7.90. The Hall–Kier alpha value is -3.18. The van der Waals surface area contributed by atoms with Crippen LogP contribution in [0.5, 0.6) is 0 Å². The molecule has 5 nitrogen and oxygen atoms in total. The van der Waals surface area contributed by atoms with Crippen LogP contribution in [0.2, 0.25) is 0 Å². The number of benzene rings is 2. The van der Waals surface area contributed by atoms with Crippen LogP contribution >= 0.6 is 0 Å². The van der Waals surface area contributed by atoms with Gasteiger partial charge < -0.3 is 14.7 Å². The van der Waals surface area contributed by atoms with Crippen molar-refractivity contribution in [1.29, 1.82) is 0 Å². The molecule has 1 amide bonds. The van der Waals surface area contributed by atoms with Crippen LogP contribution in [0.15, 0.2) is 73.1 Å². The SMILES string of the molecule is O=C(OCC1c2ccccc2-c2ccccc21)N1C2CCCC1CC(O)(Cc1cccnc1)C2. The minimum absolute atomic E-state index is 0.0184. The van der Waals surface area contributed by atoms with Gasteiger partial charge in [-0.2, -0.15) is 0 Å². The number of carbonyl (C=O) groups excluding carboxylic acids is 1. The number of piperidine rings is 2. The highest BCUT2D eigenvalue weighted by atomic mass is 16.6. The first-order valence-corrected chi connectivity index (χ1v) is 12.4.